The quantitative estimate of drug-likeness (QED) is 0.466. The Hall–Kier alpha value is -3.32. The third kappa shape index (κ3) is 4.21. The number of hydrogen-bond acceptors (Lipinski definition) is 6. The average Bonchev–Trinajstić information content (AvgIpc) is 3.36. The molecule has 0 amide bonds. The van der Waals surface area contributed by atoms with E-state index in [2.05, 4.69) is 35.1 Å². The van der Waals surface area contributed by atoms with Gasteiger partial charge in [0.15, 0.2) is 5.65 Å². The first-order valence-electron chi connectivity index (χ1n) is 11.0. The van der Waals surface area contributed by atoms with Crippen LogP contribution in [0.5, 0.6) is 5.75 Å². The number of likely N-dealkylation sites (tertiary alicyclic amines) is 1. The van der Waals surface area contributed by atoms with Gasteiger partial charge in [-0.15, -0.1) is 0 Å². The van der Waals surface area contributed by atoms with Crippen LogP contribution in [0.4, 0.5) is 0 Å². The second-order valence-electron chi connectivity index (χ2n) is 8.70. The number of aromatic nitrogens is 5. The Labute approximate surface area is 188 Å². The molecule has 1 aliphatic heterocycles. The summed E-state index contributed by atoms with van der Waals surface area (Å²) in [5, 5.41) is 5.78. The van der Waals surface area contributed by atoms with Crippen LogP contribution in [0.3, 0.4) is 0 Å². The maximum absolute atomic E-state index is 5.25. The summed E-state index contributed by atoms with van der Waals surface area (Å²) in [5.74, 6) is 1.50. The van der Waals surface area contributed by atoms with Crippen LogP contribution in [-0.4, -0.2) is 56.9 Å². The summed E-state index contributed by atoms with van der Waals surface area (Å²) in [4.78, 5) is 16.5. The fraction of sp³-hybridized carbons (Fsp3) is 0.360. The third-order valence-electron chi connectivity index (χ3n) is 6.23. The molecule has 0 N–H and O–H groups in total. The minimum atomic E-state index is 0.656. The molecule has 1 aromatic carbocycles. The van der Waals surface area contributed by atoms with Gasteiger partial charge < -0.3 is 9.64 Å². The number of ether oxygens (including phenoxy) is 1. The van der Waals surface area contributed by atoms with Crippen molar-refractivity contribution in [2.75, 3.05) is 27.2 Å². The fourth-order valence-electron chi connectivity index (χ4n) is 4.50. The highest BCUT2D eigenvalue weighted by Gasteiger charge is 2.20. The van der Waals surface area contributed by atoms with Crippen LogP contribution in [0.25, 0.3) is 22.3 Å². The monoisotopic (exact) mass is 428 g/mol. The third-order valence-corrected chi connectivity index (χ3v) is 6.23. The minimum absolute atomic E-state index is 0.656. The number of nitrogens with zero attached hydrogens (tertiary/aromatic N) is 6. The highest BCUT2D eigenvalue weighted by molar-refractivity contribution is 5.82. The molecule has 1 aliphatic rings. The maximum Gasteiger partial charge on any atom is 0.158 e. The molecule has 7 nitrogen and oxygen atoms in total. The Kier molecular flexibility index (Phi) is 5.57. The number of methoxy groups -OCH3 is 1. The lowest BCUT2D eigenvalue weighted by molar-refractivity contribution is 0.393. The van der Waals surface area contributed by atoms with E-state index in [0.29, 0.717) is 12.5 Å². The van der Waals surface area contributed by atoms with E-state index >= 15 is 0 Å². The molecule has 0 radical (unpaired) electrons. The van der Waals surface area contributed by atoms with Crippen molar-refractivity contribution in [2.45, 2.75) is 26.3 Å². The van der Waals surface area contributed by atoms with E-state index in [0.717, 1.165) is 64.5 Å². The summed E-state index contributed by atoms with van der Waals surface area (Å²) < 4.78 is 7.20. The Bertz CT molecular complexity index is 1230. The lowest BCUT2D eigenvalue weighted by atomic mass is 10.0. The van der Waals surface area contributed by atoms with Gasteiger partial charge in [-0.2, -0.15) is 5.10 Å². The Balaban J connectivity index is 1.40. The van der Waals surface area contributed by atoms with Crippen molar-refractivity contribution in [1.82, 2.24) is 29.6 Å². The molecule has 7 heteroatoms. The Morgan fingerprint density at radius 3 is 2.72 bits per heavy atom. The molecule has 5 rings (SSSR count). The molecule has 1 unspecified atom stereocenters. The SMILES string of the molecule is COc1ccc(Cn2nc(C)c3cc(-c4cncc(CC5CCN(C)C5)n4)cnc32)cc1. The van der Waals surface area contributed by atoms with Crippen LogP contribution in [-0.2, 0) is 13.0 Å². The van der Waals surface area contributed by atoms with Gasteiger partial charge in [-0.3, -0.25) is 4.98 Å². The first-order chi connectivity index (χ1) is 15.6. The van der Waals surface area contributed by atoms with Gasteiger partial charge in [0, 0.05) is 29.9 Å². The average molecular weight is 429 g/mol. The second kappa shape index (κ2) is 8.67. The normalized spacial score (nSPS) is 16.7. The van der Waals surface area contributed by atoms with Gasteiger partial charge in [0.25, 0.3) is 0 Å². The zero-order chi connectivity index (χ0) is 22.1. The molecule has 0 aliphatic carbocycles. The van der Waals surface area contributed by atoms with E-state index in [9.17, 15) is 0 Å². The zero-order valence-electron chi connectivity index (χ0n) is 18.8. The number of rotatable bonds is 6. The predicted molar refractivity (Wildman–Crippen MR) is 125 cm³/mol. The van der Waals surface area contributed by atoms with Gasteiger partial charge in [-0.25, -0.2) is 14.6 Å². The summed E-state index contributed by atoms with van der Waals surface area (Å²) in [5.41, 5.74) is 5.88. The van der Waals surface area contributed by atoms with Crippen LogP contribution in [0.2, 0.25) is 0 Å². The summed E-state index contributed by atoms with van der Waals surface area (Å²) in [6.45, 7) is 4.98. The molecule has 1 fully saturated rings. The van der Waals surface area contributed by atoms with Crippen LogP contribution in [0, 0.1) is 12.8 Å². The van der Waals surface area contributed by atoms with E-state index in [1.807, 2.05) is 42.3 Å². The van der Waals surface area contributed by atoms with Crippen molar-refractivity contribution in [3.63, 3.8) is 0 Å². The number of fused-ring (bicyclic) bond motifs is 1. The molecule has 4 heterocycles. The molecule has 1 atom stereocenters. The van der Waals surface area contributed by atoms with Crippen molar-refractivity contribution < 1.29 is 4.74 Å². The molecule has 0 bridgehead atoms. The fourth-order valence-corrected chi connectivity index (χ4v) is 4.50. The highest BCUT2D eigenvalue weighted by Crippen LogP contribution is 2.25. The molecule has 0 spiro atoms. The maximum atomic E-state index is 5.25. The number of aryl methyl sites for hydroxylation is 1. The lowest BCUT2D eigenvalue weighted by Gasteiger charge is -2.10. The number of pyridine rings is 1. The summed E-state index contributed by atoms with van der Waals surface area (Å²) >= 11 is 0. The van der Waals surface area contributed by atoms with Crippen molar-refractivity contribution in [1.29, 1.82) is 0 Å². The molecule has 0 saturated carbocycles. The Morgan fingerprint density at radius 1 is 1.12 bits per heavy atom. The first-order valence-corrected chi connectivity index (χ1v) is 11.0. The van der Waals surface area contributed by atoms with Gasteiger partial charge in [0.05, 0.1) is 36.9 Å². The van der Waals surface area contributed by atoms with E-state index in [1.54, 1.807) is 7.11 Å². The van der Waals surface area contributed by atoms with Gasteiger partial charge in [0.2, 0.25) is 0 Å². The topological polar surface area (TPSA) is 69.0 Å². The lowest BCUT2D eigenvalue weighted by Crippen LogP contribution is -2.15. The van der Waals surface area contributed by atoms with E-state index in [-0.39, 0.29) is 0 Å². The van der Waals surface area contributed by atoms with E-state index < -0.39 is 0 Å². The molecule has 4 aromatic rings. The van der Waals surface area contributed by atoms with Crippen molar-refractivity contribution >= 4 is 11.0 Å². The standard InChI is InChI=1S/C25H28N6O/c1-17-23-11-20(24-14-26-13-21(28-24)10-19-8-9-30(2)15-19)12-27-25(23)31(29-17)16-18-4-6-22(32-3)7-5-18/h4-7,11-14,19H,8-10,15-16H2,1-3H3. The molecule has 3 aromatic heterocycles. The summed E-state index contributed by atoms with van der Waals surface area (Å²) in [7, 11) is 3.86. The summed E-state index contributed by atoms with van der Waals surface area (Å²) in [6.07, 6.45) is 7.80. The van der Waals surface area contributed by atoms with Crippen LogP contribution < -0.4 is 4.74 Å². The largest absolute Gasteiger partial charge is 0.497 e. The zero-order valence-corrected chi connectivity index (χ0v) is 18.8. The number of hydrogen-bond donors (Lipinski definition) is 0. The molecule has 164 valence electrons. The Morgan fingerprint density at radius 2 is 1.97 bits per heavy atom. The molecular weight excluding hydrogens is 400 g/mol. The van der Waals surface area contributed by atoms with Crippen molar-refractivity contribution in [3.8, 4) is 17.0 Å². The molecule has 32 heavy (non-hydrogen) atoms. The first kappa shape index (κ1) is 20.6. The van der Waals surface area contributed by atoms with Gasteiger partial charge in [-0.05, 0) is 63.0 Å². The van der Waals surface area contributed by atoms with Crippen LogP contribution in [0.15, 0.2) is 48.9 Å². The summed E-state index contributed by atoms with van der Waals surface area (Å²) in [6, 6.07) is 10.2. The van der Waals surface area contributed by atoms with Crippen molar-refractivity contribution in [2.24, 2.45) is 5.92 Å². The van der Waals surface area contributed by atoms with E-state index in [1.165, 1.54) is 6.42 Å². The second-order valence-corrected chi connectivity index (χ2v) is 8.70. The molecular formula is C25H28N6O. The predicted octanol–water partition coefficient (Wildman–Crippen LogP) is 3.75. The van der Waals surface area contributed by atoms with Crippen LogP contribution >= 0.6 is 0 Å². The van der Waals surface area contributed by atoms with Crippen molar-refractivity contribution in [3.05, 3.63) is 65.9 Å². The van der Waals surface area contributed by atoms with Gasteiger partial charge in [0.1, 0.15) is 5.75 Å². The minimum Gasteiger partial charge on any atom is -0.497 e. The van der Waals surface area contributed by atoms with E-state index in [4.69, 9.17) is 19.8 Å². The van der Waals surface area contributed by atoms with Crippen LogP contribution in [0.1, 0.15) is 23.4 Å². The molecule has 1 saturated heterocycles. The van der Waals surface area contributed by atoms with Gasteiger partial charge in [-0.1, -0.05) is 12.1 Å². The smallest absolute Gasteiger partial charge is 0.158 e. The highest BCUT2D eigenvalue weighted by atomic mass is 16.5. The number of benzene rings is 1. The van der Waals surface area contributed by atoms with Gasteiger partial charge >= 0.3 is 0 Å².